The average molecular weight is 164 g/mol. The summed E-state index contributed by atoms with van der Waals surface area (Å²) in [6.45, 7) is 5.16. The molecule has 2 nitrogen and oxygen atoms in total. The Morgan fingerprint density at radius 1 is 1.33 bits per heavy atom. The first kappa shape index (κ1) is 9.07. The summed E-state index contributed by atoms with van der Waals surface area (Å²) in [5.41, 5.74) is 5.76. The highest BCUT2D eigenvalue weighted by atomic mass is 15.5. The number of aryl methyl sites for hydroxylation is 1. The third kappa shape index (κ3) is 1.98. The molecule has 0 aliphatic carbocycles. The number of nitrogens with one attached hydrogen (secondary N) is 1. The van der Waals surface area contributed by atoms with Crippen LogP contribution in [0.4, 0.5) is 5.69 Å². The Labute approximate surface area is 74.2 Å². The van der Waals surface area contributed by atoms with Crippen molar-refractivity contribution in [3.8, 4) is 0 Å². The van der Waals surface area contributed by atoms with Gasteiger partial charge in [-0.15, -0.1) is 0 Å². The number of anilines is 1. The molecule has 0 saturated heterocycles. The summed E-state index contributed by atoms with van der Waals surface area (Å²) in [7, 11) is 2.03. The number of benzene rings is 1. The minimum Gasteiger partial charge on any atom is -0.311 e. The molecule has 0 aromatic heterocycles. The number of rotatable bonds is 3. The van der Waals surface area contributed by atoms with Gasteiger partial charge in [0.05, 0.1) is 5.69 Å². The van der Waals surface area contributed by atoms with Crippen molar-refractivity contribution in [1.82, 2.24) is 5.43 Å². The third-order valence-electron chi connectivity index (χ3n) is 1.87. The highest BCUT2D eigenvalue weighted by Crippen LogP contribution is 2.15. The van der Waals surface area contributed by atoms with Crippen molar-refractivity contribution < 1.29 is 0 Å². The van der Waals surface area contributed by atoms with Crippen LogP contribution >= 0.6 is 0 Å². The normalized spacial score (nSPS) is 9.92. The van der Waals surface area contributed by atoms with E-state index in [-0.39, 0.29) is 0 Å². The van der Waals surface area contributed by atoms with E-state index >= 15 is 0 Å². The maximum Gasteiger partial charge on any atom is 0.0545 e. The molecule has 0 heterocycles. The summed E-state index contributed by atoms with van der Waals surface area (Å²) >= 11 is 0. The second-order valence-corrected chi connectivity index (χ2v) is 2.86. The first-order chi connectivity index (χ1) is 5.75. The minimum absolute atomic E-state index is 0.949. The zero-order valence-corrected chi connectivity index (χ0v) is 7.96. The summed E-state index contributed by atoms with van der Waals surface area (Å²) in [6, 6.07) is 8.33. The highest BCUT2D eigenvalue weighted by Gasteiger charge is 2.00. The van der Waals surface area contributed by atoms with Crippen LogP contribution in [0.3, 0.4) is 0 Å². The number of para-hydroxylation sites is 1. The molecule has 0 radical (unpaired) electrons. The molecule has 0 atom stereocenters. The summed E-state index contributed by atoms with van der Waals surface area (Å²) in [4.78, 5) is 0. The molecule has 1 aromatic carbocycles. The third-order valence-corrected chi connectivity index (χ3v) is 1.87. The molecule has 0 unspecified atom stereocenters. The van der Waals surface area contributed by atoms with E-state index in [1.54, 1.807) is 0 Å². The predicted molar refractivity (Wildman–Crippen MR) is 53.3 cm³/mol. The lowest BCUT2D eigenvalue weighted by Crippen LogP contribution is -2.34. The zero-order chi connectivity index (χ0) is 8.97. The monoisotopic (exact) mass is 164 g/mol. The summed E-state index contributed by atoms with van der Waals surface area (Å²) < 4.78 is 0. The Balaban J connectivity index is 2.79. The van der Waals surface area contributed by atoms with E-state index in [0.717, 1.165) is 6.54 Å². The summed E-state index contributed by atoms with van der Waals surface area (Å²) in [5.74, 6) is 0. The molecule has 12 heavy (non-hydrogen) atoms. The number of hydrogen-bond donors (Lipinski definition) is 1. The fourth-order valence-corrected chi connectivity index (χ4v) is 1.26. The van der Waals surface area contributed by atoms with Crippen LogP contribution in [0.5, 0.6) is 0 Å². The van der Waals surface area contributed by atoms with Gasteiger partial charge in [-0.2, -0.15) is 0 Å². The van der Waals surface area contributed by atoms with Crippen LogP contribution in [0.1, 0.15) is 12.5 Å². The molecule has 0 aliphatic rings. The van der Waals surface area contributed by atoms with Crippen LogP contribution in [0.15, 0.2) is 24.3 Å². The maximum atomic E-state index is 3.24. The number of nitrogens with zero attached hydrogens (tertiary/aromatic N) is 1. The summed E-state index contributed by atoms with van der Waals surface area (Å²) in [5, 5.41) is 2.05. The van der Waals surface area contributed by atoms with Crippen molar-refractivity contribution in [3.63, 3.8) is 0 Å². The quantitative estimate of drug-likeness (QED) is 0.687. The molecule has 0 aliphatic heterocycles. The van der Waals surface area contributed by atoms with Crippen molar-refractivity contribution in [2.24, 2.45) is 0 Å². The second kappa shape index (κ2) is 4.12. The van der Waals surface area contributed by atoms with Crippen LogP contribution in [-0.2, 0) is 0 Å². The van der Waals surface area contributed by atoms with E-state index in [9.17, 15) is 0 Å². The van der Waals surface area contributed by atoms with Gasteiger partial charge < -0.3 is 5.01 Å². The fraction of sp³-hybridized carbons (Fsp3) is 0.400. The second-order valence-electron chi connectivity index (χ2n) is 2.86. The molecular weight excluding hydrogens is 148 g/mol. The molecule has 0 bridgehead atoms. The van der Waals surface area contributed by atoms with Crippen LogP contribution in [0.25, 0.3) is 0 Å². The van der Waals surface area contributed by atoms with Gasteiger partial charge in [0.2, 0.25) is 0 Å². The van der Waals surface area contributed by atoms with Gasteiger partial charge in [0.25, 0.3) is 0 Å². The highest BCUT2D eigenvalue weighted by molar-refractivity contribution is 5.51. The largest absolute Gasteiger partial charge is 0.311 e. The molecule has 66 valence electrons. The SMILES string of the molecule is CCNN(C)c1ccccc1C. The van der Waals surface area contributed by atoms with E-state index in [4.69, 9.17) is 0 Å². The molecule has 0 fully saturated rings. The van der Waals surface area contributed by atoms with Gasteiger partial charge in [-0.05, 0) is 18.6 Å². The lowest BCUT2D eigenvalue weighted by atomic mass is 10.2. The van der Waals surface area contributed by atoms with Crippen LogP contribution < -0.4 is 10.4 Å². The van der Waals surface area contributed by atoms with Gasteiger partial charge in [0.15, 0.2) is 0 Å². The van der Waals surface area contributed by atoms with E-state index in [1.807, 2.05) is 7.05 Å². The predicted octanol–water partition coefficient (Wildman–Crippen LogP) is 1.96. The fourth-order valence-electron chi connectivity index (χ4n) is 1.26. The standard InChI is InChI=1S/C10H16N2/c1-4-11-12(3)10-8-6-5-7-9(10)2/h5-8,11H,4H2,1-3H3. The van der Waals surface area contributed by atoms with Gasteiger partial charge >= 0.3 is 0 Å². The van der Waals surface area contributed by atoms with E-state index in [2.05, 4.69) is 48.5 Å². The molecule has 2 heteroatoms. The van der Waals surface area contributed by atoms with Gasteiger partial charge in [0, 0.05) is 13.6 Å². The first-order valence-electron chi connectivity index (χ1n) is 4.28. The molecule has 1 aromatic rings. The molecule has 0 amide bonds. The zero-order valence-electron chi connectivity index (χ0n) is 7.96. The Kier molecular flexibility index (Phi) is 3.11. The van der Waals surface area contributed by atoms with Crippen LogP contribution in [0, 0.1) is 6.92 Å². The Hall–Kier alpha value is -1.02. The Bertz CT molecular complexity index is 245. The van der Waals surface area contributed by atoms with Crippen molar-refractivity contribution in [1.29, 1.82) is 0 Å². The first-order valence-corrected chi connectivity index (χ1v) is 4.28. The van der Waals surface area contributed by atoms with Gasteiger partial charge in [-0.25, -0.2) is 5.43 Å². The van der Waals surface area contributed by atoms with Crippen LogP contribution in [-0.4, -0.2) is 13.6 Å². The molecule has 1 N–H and O–H groups in total. The van der Waals surface area contributed by atoms with Gasteiger partial charge in [-0.1, -0.05) is 25.1 Å². The van der Waals surface area contributed by atoms with Crippen molar-refractivity contribution >= 4 is 5.69 Å². The van der Waals surface area contributed by atoms with E-state index in [0.29, 0.717) is 0 Å². The number of hydrazine groups is 1. The minimum atomic E-state index is 0.949. The van der Waals surface area contributed by atoms with E-state index < -0.39 is 0 Å². The smallest absolute Gasteiger partial charge is 0.0545 e. The van der Waals surface area contributed by atoms with Crippen molar-refractivity contribution in [2.45, 2.75) is 13.8 Å². The maximum absolute atomic E-state index is 3.24. The lowest BCUT2D eigenvalue weighted by molar-refractivity contribution is 0.707. The summed E-state index contributed by atoms with van der Waals surface area (Å²) in [6.07, 6.45) is 0. The lowest BCUT2D eigenvalue weighted by Gasteiger charge is -2.21. The molecular formula is C10H16N2. The Morgan fingerprint density at radius 2 is 2.00 bits per heavy atom. The number of hydrogen-bond acceptors (Lipinski definition) is 2. The van der Waals surface area contributed by atoms with Crippen molar-refractivity contribution in [2.75, 3.05) is 18.6 Å². The van der Waals surface area contributed by atoms with Gasteiger partial charge in [0.1, 0.15) is 0 Å². The van der Waals surface area contributed by atoms with E-state index in [1.165, 1.54) is 11.3 Å². The van der Waals surface area contributed by atoms with Gasteiger partial charge in [-0.3, -0.25) is 0 Å². The topological polar surface area (TPSA) is 15.3 Å². The average Bonchev–Trinajstić information content (AvgIpc) is 2.05. The van der Waals surface area contributed by atoms with Crippen LogP contribution in [0.2, 0.25) is 0 Å². The van der Waals surface area contributed by atoms with Crippen molar-refractivity contribution in [3.05, 3.63) is 29.8 Å². The molecule has 1 rings (SSSR count). The molecule has 0 saturated carbocycles. The Morgan fingerprint density at radius 3 is 2.58 bits per heavy atom. The molecule has 0 spiro atoms.